The Kier molecular flexibility index (Phi) is 4.67. The average molecular weight is 338 g/mol. The zero-order valence-electron chi connectivity index (χ0n) is 14.2. The minimum Gasteiger partial charge on any atom is -0.497 e. The van der Waals surface area contributed by atoms with Crippen molar-refractivity contribution in [3.8, 4) is 5.75 Å². The summed E-state index contributed by atoms with van der Waals surface area (Å²) in [6.45, 7) is 6.89. The first-order valence-corrected chi connectivity index (χ1v) is 9.76. The SMILES string of the molecule is COc1ccc(S(=O)(=O)N2CCN(C(C)C3CC3)CC2)c(C)c1. The molecule has 23 heavy (non-hydrogen) atoms. The van der Waals surface area contributed by atoms with Crippen LogP contribution in [0.5, 0.6) is 5.75 Å². The van der Waals surface area contributed by atoms with Crippen LogP contribution in [0.4, 0.5) is 0 Å². The molecule has 5 nitrogen and oxygen atoms in total. The van der Waals surface area contributed by atoms with Gasteiger partial charge in [-0.1, -0.05) is 0 Å². The molecule has 1 unspecified atom stereocenters. The molecule has 128 valence electrons. The van der Waals surface area contributed by atoms with Gasteiger partial charge in [0, 0.05) is 32.2 Å². The van der Waals surface area contributed by atoms with Crippen LogP contribution >= 0.6 is 0 Å². The molecule has 1 saturated heterocycles. The Bertz CT molecular complexity index is 662. The molecule has 2 fully saturated rings. The van der Waals surface area contributed by atoms with Gasteiger partial charge in [0.15, 0.2) is 0 Å². The van der Waals surface area contributed by atoms with Crippen molar-refractivity contribution < 1.29 is 13.2 Å². The van der Waals surface area contributed by atoms with Crippen LogP contribution in [0.25, 0.3) is 0 Å². The van der Waals surface area contributed by atoms with Crippen LogP contribution < -0.4 is 4.74 Å². The van der Waals surface area contributed by atoms with Crippen molar-refractivity contribution in [1.29, 1.82) is 0 Å². The third-order valence-corrected chi connectivity index (χ3v) is 7.21. The zero-order chi connectivity index (χ0) is 16.6. The molecule has 0 N–H and O–H groups in total. The molecule has 1 atom stereocenters. The Hall–Kier alpha value is -1.11. The highest BCUT2D eigenvalue weighted by molar-refractivity contribution is 7.89. The molecular weight excluding hydrogens is 312 g/mol. The molecule has 1 aromatic carbocycles. The summed E-state index contributed by atoms with van der Waals surface area (Å²) in [6, 6.07) is 5.73. The van der Waals surface area contributed by atoms with E-state index in [1.54, 1.807) is 29.6 Å². The predicted octanol–water partition coefficient (Wildman–Crippen LogP) is 2.11. The van der Waals surface area contributed by atoms with Crippen molar-refractivity contribution in [1.82, 2.24) is 9.21 Å². The minimum atomic E-state index is -3.42. The first-order chi connectivity index (χ1) is 10.9. The third kappa shape index (κ3) is 3.39. The van der Waals surface area contributed by atoms with Crippen molar-refractivity contribution in [3.63, 3.8) is 0 Å². The van der Waals surface area contributed by atoms with E-state index in [9.17, 15) is 8.42 Å². The van der Waals surface area contributed by atoms with E-state index in [0.29, 0.717) is 29.8 Å². The Morgan fingerprint density at radius 3 is 2.35 bits per heavy atom. The molecule has 6 heteroatoms. The van der Waals surface area contributed by atoms with Crippen molar-refractivity contribution in [3.05, 3.63) is 23.8 Å². The lowest BCUT2D eigenvalue weighted by atomic mass is 10.1. The van der Waals surface area contributed by atoms with E-state index in [4.69, 9.17) is 4.74 Å². The highest BCUT2D eigenvalue weighted by Gasteiger charge is 2.36. The van der Waals surface area contributed by atoms with Crippen molar-refractivity contribution in [2.24, 2.45) is 5.92 Å². The van der Waals surface area contributed by atoms with E-state index in [1.807, 2.05) is 6.92 Å². The van der Waals surface area contributed by atoms with Crippen molar-refractivity contribution in [2.75, 3.05) is 33.3 Å². The fraction of sp³-hybridized carbons (Fsp3) is 0.647. The largest absolute Gasteiger partial charge is 0.497 e. The van der Waals surface area contributed by atoms with Crippen LogP contribution in [0, 0.1) is 12.8 Å². The van der Waals surface area contributed by atoms with Gasteiger partial charge in [-0.05, 0) is 56.4 Å². The van der Waals surface area contributed by atoms with Crippen LogP contribution in [0.15, 0.2) is 23.1 Å². The second-order valence-electron chi connectivity index (χ2n) is 6.65. The van der Waals surface area contributed by atoms with Gasteiger partial charge in [-0.3, -0.25) is 4.90 Å². The minimum absolute atomic E-state index is 0.391. The van der Waals surface area contributed by atoms with Gasteiger partial charge < -0.3 is 4.74 Å². The molecule has 0 radical (unpaired) electrons. The lowest BCUT2D eigenvalue weighted by Gasteiger charge is -2.37. The van der Waals surface area contributed by atoms with E-state index < -0.39 is 10.0 Å². The van der Waals surface area contributed by atoms with Crippen LogP contribution in [0.2, 0.25) is 0 Å². The van der Waals surface area contributed by atoms with E-state index >= 15 is 0 Å². The Morgan fingerprint density at radius 1 is 1.17 bits per heavy atom. The van der Waals surface area contributed by atoms with Gasteiger partial charge in [-0.25, -0.2) is 8.42 Å². The molecule has 1 aliphatic heterocycles. The van der Waals surface area contributed by atoms with E-state index in [0.717, 1.165) is 24.6 Å². The van der Waals surface area contributed by atoms with Gasteiger partial charge in [0.2, 0.25) is 10.0 Å². The second-order valence-corrected chi connectivity index (χ2v) is 8.56. The molecule has 0 bridgehead atoms. The van der Waals surface area contributed by atoms with Crippen LogP contribution in [-0.2, 0) is 10.0 Å². The first-order valence-electron chi connectivity index (χ1n) is 8.32. The quantitative estimate of drug-likeness (QED) is 0.825. The number of nitrogens with zero attached hydrogens (tertiary/aromatic N) is 2. The number of hydrogen-bond acceptors (Lipinski definition) is 4. The first kappa shape index (κ1) is 16.7. The van der Waals surface area contributed by atoms with Gasteiger partial charge in [0.05, 0.1) is 12.0 Å². The topological polar surface area (TPSA) is 49.9 Å². The van der Waals surface area contributed by atoms with Gasteiger partial charge in [0.1, 0.15) is 5.75 Å². The van der Waals surface area contributed by atoms with Gasteiger partial charge in [-0.2, -0.15) is 4.31 Å². The Balaban J connectivity index is 1.71. The molecule has 3 rings (SSSR count). The number of methoxy groups -OCH3 is 1. The third-order valence-electron chi connectivity index (χ3n) is 5.15. The highest BCUT2D eigenvalue weighted by atomic mass is 32.2. The highest BCUT2D eigenvalue weighted by Crippen LogP contribution is 2.35. The number of aryl methyl sites for hydroxylation is 1. The maximum atomic E-state index is 12.9. The number of ether oxygens (including phenoxy) is 1. The summed E-state index contributed by atoms with van der Waals surface area (Å²) in [7, 11) is -1.83. The summed E-state index contributed by atoms with van der Waals surface area (Å²) in [5.74, 6) is 1.51. The Labute approximate surface area is 139 Å². The van der Waals surface area contributed by atoms with Crippen LogP contribution in [0.3, 0.4) is 0 Å². The summed E-state index contributed by atoms with van der Waals surface area (Å²) in [6.07, 6.45) is 2.65. The summed E-state index contributed by atoms with van der Waals surface area (Å²) < 4.78 is 32.6. The lowest BCUT2D eigenvalue weighted by Crippen LogP contribution is -2.51. The van der Waals surface area contributed by atoms with Gasteiger partial charge >= 0.3 is 0 Å². The maximum Gasteiger partial charge on any atom is 0.243 e. The molecule has 1 aliphatic carbocycles. The van der Waals surface area contributed by atoms with Gasteiger partial charge in [0.25, 0.3) is 0 Å². The molecule has 1 saturated carbocycles. The summed E-state index contributed by atoms with van der Waals surface area (Å²) in [4.78, 5) is 2.83. The van der Waals surface area contributed by atoms with E-state index in [1.165, 1.54) is 12.8 Å². The smallest absolute Gasteiger partial charge is 0.243 e. The van der Waals surface area contributed by atoms with Gasteiger partial charge in [-0.15, -0.1) is 0 Å². The molecule has 0 spiro atoms. The molecule has 1 heterocycles. The summed E-state index contributed by atoms with van der Waals surface area (Å²) in [5.41, 5.74) is 0.734. The fourth-order valence-electron chi connectivity index (χ4n) is 3.41. The number of rotatable bonds is 5. The van der Waals surface area contributed by atoms with Crippen molar-refractivity contribution >= 4 is 10.0 Å². The second kappa shape index (κ2) is 6.42. The zero-order valence-corrected chi connectivity index (χ0v) is 15.0. The fourth-order valence-corrected chi connectivity index (χ4v) is 5.03. The number of piperazine rings is 1. The van der Waals surface area contributed by atoms with Crippen LogP contribution in [0.1, 0.15) is 25.3 Å². The molecule has 0 aromatic heterocycles. The predicted molar refractivity (Wildman–Crippen MR) is 90.2 cm³/mol. The molecule has 0 amide bonds. The lowest BCUT2D eigenvalue weighted by molar-refractivity contribution is 0.133. The molecule has 1 aromatic rings. The average Bonchev–Trinajstić information content (AvgIpc) is 3.38. The number of benzene rings is 1. The summed E-state index contributed by atoms with van der Waals surface area (Å²) >= 11 is 0. The van der Waals surface area contributed by atoms with E-state index in [-0.39, 0.29) is 0 Å². The number of hydrogen-bond donors (Lipinski definition) is 0. The Morgan fingerprint density at radius 2 is 1.83 bits per heavy atom. The number of sulfonamides is 1. The summed E-state index contributed by atoms with van der Waals surface area (Å²) in [5, 5.41) is 0. The van der Waals surface area contributed by atoms with Crippen LogP contribution in [-0.4, -0.2) is 57.0 Å². The monoisotopic (exact) mass is 338 g/mol. The van der Waals surface area contributed by atoms with E-state index in [2.05, 4.69) is 11.8 Å². The standard InChI is InChI=1S/C17H26N2O3S/c1-13-12-16(22-3)6-7-17(13)23(20,21)19-10-8-18(9-11-19)14(2)15-4-5-15/h6-7,12,14-15H,4-5,8-11H2,1-3H3. The molecular formula is C17H26N2O3S. The normalized spacial score (nSPS) is 22.0. The molecule has 2 aliphatic rings. The maximum absolute atomic E-state index is 12.9. The van der Waals surface area contributed by atoms with Crippen molar-refractivity contribution in [2.45, 2.75) is 37.6 Å².